The van der Waals surface area contributed by atoms with Crippen molar-refractivity contribution < 1.29 is 23.8 Å². The number of thioether (sulfide) groups is 1. The molecular formula is C20H21NO5S. The zero-order valence-electron chi connectivity index (χ0n) is 15.0. The van der Waals surface area contributed by atoms with Gasteiger partial charge < -0.3 is 19.5 Å². The number of hydrogen-bond donors (Lipinski definition) is 1. The largest absolute Gasteiger partial charge is 0.454 e. The molecule has 1 N–H and O–H groups in total. The average molecular weight is 387 g/mol. The van der Waals surface area contributed by atoms with E-state index < -0.39 is 6.10 Å². The molecule has 0 aliphatic carbocycles. The minimum atomic E-state index is -0.840. The Morgan fingerprint density at radius 3 is 2.74 bits per heavy atom. The van der Waals surface area contributed by atoms with Crippen LogP contribution in [0.4, 0.5) is 0 Å². The minimum Gasteiger partial charge on any atom is -0.454 e. The Bertz CT molecular complexity index is 796. The molecule has 2 aromatic carbocycles. The number of amides is 1. The van der Waals surface area contributed by atoms with Crippen molar-refractivity contribution in [2.24, 2.45) is 0 Å². The van der Waals surface area contributed by atoms with Crippen molar-refractivity contribution in [3.8, 4) is 11.5 Å². The molecule has 6 nitrogen and oxygen atoms in total. The number of nitrogens with one attached hydrogen (secondary N) is 1. The molecule has 2 aromatic rings. The Balaban J connectivity index is 1.37. The molecule has 0 saturated carbocycles. The number of hydrogen-bond acceptors (Lipinski definition) is 6. The summed E-state index contributed by atoms with van der Waals surface area (Å²) in [7, 11) is 0. The van der Waals surface area contributed by atoms with E-state index in [0.717, 1.165) is 10.5 Å². The predicted molar refractivity (Wildman–Crippen MR) is 102 cm³/mol. The van der Waals surface area contributed by atoms with Crippen LogP contribution < -0.4 is 14.8 Å². The molecule has 1 amide bonds. The smallest absolute Gasteiger partial charge is 0.307 e. The van der Waals surface area contributed by atoms with Gasteiger partial charge in [0.15, 0.2) is 17.6 Å². The number of rotatable bonds is 8. The SMILES string of the molecule is C[C@@H](OC(=O)CCSc1ccccc1)C(=O)NCc1ccc2c(c1)OCO2. The highest BCUT2D eigenvalue weighted by atomic mass is 32.2. The Hall–Kier alpha value is -2.67. The van der Waals surface area contributed by atoms with Gasteiger partial charge in [-0.25, -0.2) is 0 Å². The quantitative estimate of drug-likeness (QED) is 0.554. The van der Waals surface area contributed by atoms with E-state index in [0.29, 0.717) is 23.8 Å². The van der Waals surface area contributed by atoms with Crippen LogP contribution in [0.1, 0.15) is 18.9 Å². The fourth-order valence-corrected chi connectivity index (χ4v) is 3.32. The summed E-state index contributed by atoms with van der Waals surface area (Å²) in [5.41, 5.74) is 0.880. The van der Waals surface area contributed by atoms with Crippen molar-refractivity contribution in [1.82, 2.24) is 5.32 Å². The summed E-state index contributed by atoms with van der Waals surface area (Å²) in [5, 5.41) is 2.76. The number of ether oxygens (including phenoxy) is 3. The van der Waals surface area contributed by atoms with Crippen LogP contribution in [0.2, 0.25) is 0 Å². The van der Waals surface area contributed by atoms with Gasteiger partial charge in [-0.3, -0.25) is 9.59 Å². The van der Waals surface area contributed by atoms with Gasteiger partial charge in [-0.2, -0.15) is 0 Å². The van der Waals surface area contributed by atoms with Gasteiger partial charge >= 0.3 is 5.97 Å². The van der Waals surface area contributed by atoms with Crippen LogP contribution in [0.5, 0.6) is 11.5 Å². The second kappa shape index (κ2) is 9.32. The molecule has 3 rings (SSSR count). The molecule has 1 aliphatic heterocycles. The summed E-state index contributed by atoms with van der Waals surface area (Å²) in [6.07, 6.45) is -0.590. The summed E-state index contributed by atoms with van der Waals surface area (Å²) in [4.78, 5) is 25.1. The highest BCUT2D eigenvalue weighted by molar-refractivity contribution is 7.99. The lowest BCUT2D eigenvalue weighted by molar-refractivity contribution is -0.154. The monoisotopic (exact) mass is 387 g/mol. The van der Waals surface area contributed by atoms with Gasteiger partial charge in [0.05, 0.1) is 6.42 Å². The maximum absolute atomic E-state index is 12.1. The van der Waals surface area contributed by atoms with Crippen LogP contribution in [0, 0.1) is 0 Å². The van der Waals surface area contributed by atoms with Gasteiger partial charge in [0, 0.05) is 17.2 Å². The van der Waals surface area contributed by atoms with E-state index in [1.165, 1.54) is 0 Å². The normalized spacial score (nSPS) is 13.1. The average Bonchev–Trinajstić information content (AvgIpc) is 3.14. The van der Waals surface area contributed by atoms with Crippen molar-refractivity contribution in [1.29, 1.82) is 0 Å². The van der Waals surface area contributed by atoms with Gasteiger partial charge in [-0.1, -0.05) is 24.3 Å². The summed E-state index contributed by atoms with van der Waals surface area (Å²) in [5.74, 6) is 1.24. The Morgan fingerprint density at radius 2 is 1.93 bits per heavy atom. The standard InChI is InChI=1S/C20H21NO5S/c1-14(26-19(22)9-10-27-16-5-3-2-4-6-16)20(23)21-12-15-7-8-17-18(11-15)25-13-24-17/h2-8,11,14H,9-10,12-13H2,1H3,(H,21,23)/t14-/m1/s1. The molecule has 0 aromatic heterocycles. The number of carbonyl (C=O) groups excluding carboxylic acids is 2. The topological polar surface area (TPSA) is 73.9 Å². The van der Waals surface area contributed by atoms with Crippen molar-refractivity contribution in [2.75, 3.05) is 12.5 Å². The van der Waals surface area contributed by atoms with Crippen LogP contribution in [-0.4, -0.2) is 30.5 Å². The van der Waals surface area contributed by atoms with Crippen LogP contribution in [0.25, 0.3) is 0 Å². The molecule has 0 spiro atoms. The Morgan fingerprint density at radius 1 is 1.15 bits per heavy atom. The fourth-order valence-electron chi connectivity index (χ4n) is 2.46. The van der Waals surface area contributed by atoms with Crippen LogP contribution in [0.15, 0.2) is 53.4 Å². The molecule has 0 radical (unpaired) electrons. The lowest BCUT2D eigenvalue weighted by Crippen LogP contribution is -2.35. The molecule has 0 bridgehead atoms. The highest BCUT2D eigenvalue weighted by Crippen LogP contribution is 2.32. The first kappa shape index (κ1) is 19.1. The number of esters is 1. The van der Waals surface area contributed by atoms with Crippen LogP contribution in [0.3, 0.4) is 0 Å². The zero-order chi connectivity index (χ0) is 19.1. The van der Waals surface area contributed by atoms with Crippen molar-refractivity contribution in [3.63, 3.8) is 0 Å². The molecule has 1 aliphatic rings. The molecule has 0 saturated heterocycles. The molecule has 7 heteroatoms. The second-order valence-corrected chi connectivity index (χ2v) is 7.12. The summed E-state index contributed by atoms with van der Waals surface area (Å²) < 4.78 is 15.8. The maximum atomic E-state index is 12.1. The molecule has 142 valence electrons. The first-order valence-corrected chi connectivity index (χ1v) is 9.64. The lowest BCUT2D eigenvalue weighted by atomic mass is 10.2. The van der Waals surface area contributed by atoms with E-state index in [2.05, 4.69) is 5.32 Å². The lowest BCUT2D eigenvalue weighted by Gasteiger charge is -2.13. The number of fused-ring (bicyclic) bond motifs is 1. The third-order valence-electron chi connectivity index (χ3n) is 3.90. The Kier molecular flexibility index (Phi) is 6.59. The third kappa shape index (κ3) is 5.65. The highest BCUT2D eigenvalue weighted by Gasteiger charge is 2.18. The van der Waals surface area contributed by atoms with Gasteiger partial charge in [-0.05, 0) is 36.8 Å². The number of carbonyl (C=O) groups is 2. The summed E-state index contributed by atoms with van der Waals surface area (Å²) in [6, 6.07) is 15.3. The van der Waals surface area contributed by atoms with E-state index in [-0.39, 0.29) is 25.1 Å². The molecular weight excluding hydrogens is 366 g/mol. The zero-order valence-corrected chi connectivity index (χ0v) is 15.8. The summed E-state index contributed by atoms with van der Waals surface area (Å²) >= 11 is 1.58. The predicted octanol–water partition coefficient (Wildman–Crippen LogP) is 3.15. The van der Waals surface area contributed by atoms with E-state index >= 15 is 0 Å². The second-order valence-electron chi connectivity index (χ2n) is 5.95. The van der Waals surface area contributed by atoms with Crippen molar-refractivity contribution in [3.05, 3.63) is 54.1 Å². The molecule has 1 heterocycles. The van der Waals surface area contributed by atoms with Crippen LogP contribution in [-0.2, 0) is 20.9 Å². The van der Waals surface area contributed by atoms with E-state index in [9.17, 15) is 9.59 Å². The first-order valence-electron chi connectivity index (χ1n) is 8.65. The summed E-state index contributed by atoms with van der Waals surface area (Å²) in [6.45, 7) is 2.10. The molecule has 0 unspecified atom stereocenters. The van der Waals surface area contributed by atoms with Crippen molar-refractivity contribution in [2.45, 2.75) is 30.9 Å². The van der Waals surface area contributed by atoms with E-state index in [1.807, 2.05) is 42.5 Å². The maximum Gasteiger partial charge on any atom is 0.307 e. The number of benzene rings is 2. The molecule has 27 heavy (non-hydrogen) atoms. The first-order chi connectivity index (χ1) is 13.1. The molecule has 0 fully saturated rings. The fraction of sp³-hybridized carbons (Fsp3) is 0.300. The van der Waals surface area contributed by atoms with Gasteiger partial charge in [0.25, 0.3) is 5.91 Å². The Labute approximate surface area is 162 Å². The van der Waals surface area contributed by atoms with Crippen molar-refractivity contribution >= 4 is 23.6 Å². The molecule has 1 atom stereocenters. The van der Waals surface area contributed by atoms with Gasteiger partial charge in [0.1, 0.15) is 0 Å². The van der Waals surface area contributed by atoms with Gasteiger partial charge in [0.2, 0.25) is 6.79 Å². The van der Waals surface area contributed by atoms with E-state index in [1.54, 1.807) is 24.8 Å². The van der Waals surface area contributed by atoms with Crippen LogP contribution >= 0.6 is 11.8 Å². The minimum absolute atomic E-state index is 0.209. The van der Waals surface area contributed by atoms with E-state index in [4.69, 9.17) is 14.2 Å². The third-order valence-corrected chi connectivity index (χ3v) is 4.91. The van der Waals surface area contributed by atoms with Gasteiger partial charge in [-0.15, -0.1) is 11.8 Å².